The Balaban J connectivity index is 0.000000322. The number of unbranched alkanes of at least 4 members (excludes halogenated alkanes) is 1. The number of hydrogen-bond donors (Lipinski definition) is 4. The van der Waals surface area contributed by atoms with Gasteiger partial charge >= 0.3 is 12.0 Å². The van der Waals surface area contributed by atoms with Crippen molar-refractivity contribution >= 4 is 23.8 Å². The molecule has 0 aromatic carbocycles. The van der Waals surface area contributed by atoms with E-state index in [-0.39, 0.29) is 31.1 Å². The van der Waals surface area contributed by atoms with Crippen LogP contribution in [-0.2, 0) is 4.79 Å². The molecule has 0 aromatic rings. The number of urea groups is 1. The van der Waals surface area contributed by atoms with E-state index in [2.05, 4.69) is 31.8 Å². The minimum atomic E-state index is -0.729. The molecule has 0 aromatic heterocycles. The number of nitrogens with zero attached hydrogens (tertiary/aromatic N) is 1. The number of amides is 2. The first-order valence-electron chi connectivity index (χ1n) is 8.04. The molecule has 2 aliphatic rings. The third kappa shape index (κ3) is 7.90. The molecule has 0 unspecified atom stereocenters. The Hall–Kier alpha value is -0.990. The largest absolute Gasteiger partial charge is 0.481 e. The number of nitrogens with one attached hydrogen (secondary N) is 2. The SMILES string of the molecule is C[N+](C)(C)CCO.O=C(O)CCCC[C@@H]1SC[C@@H]2NC(=O)N[C@@H]21. The molecule has 134 valence electrons. The van der Waals surface area contributed by atoms with Crippen molar-refractivity contribution in [3.8, 4) is 0 Å². The number of quaternary nitrogens is 1. The van der Waals surface area contributed by atoms with Crippen LogP contribution in [0.4, 0.5) is 4.79 Å². The Morgan fingerprint density at radius 3 is 2.52 bits per heavy atom. The highest BCUT2D eigenvalue weighted by Crippen LogP contribution is 2.33. The van der Waals surface area contributed by atoms with Gasteiger partial charge in [0.05, 0.1) is 39.8 Å². The molecule has 0 spiro atoms. The maximum absolute atomic E-state index is 11.1. The molecule has 0 saturated carbocycles. The van der Waals surface area contributed by atoms with Crippen LogP contribution < -0.4 is 10.6 Å². The summed E-state index contributed by atoms with van der Waals surface area (Å²) in [6.45, 7) is 1.11. The van der Waals surface area contributed by atoms with Gasteiger partial charge in [0.25, 0.3) is 0 Å². The van der Waals surface area contributed by atoms with E-state index < -0.39 is 5.97 Å². The van der Waals surface area contributed by atoms with Crippen molar-refractivity contribution < 1.29 is 24.3 Å². The number of likely N-dealkylation sites (N-methyl/N-ethyl adjacent to an activating group) is 1. The van der Waals surface area contributed by atoms with Gasteiger partial charge in [0.1, 0.15) is 6.54 Å². The molecule has 2 aliphatic heterocycles. The predicted molar refractivity (Wildman–Crippen MR) is 91.6 cm³/mol. The lowest BCUT2D eigenvalue weighted by Crippen LogP contribution is -2.36. The van der Waals surface area contributed by atoms with Gasteiger partial charge in [-0.1, -0.05) is 6.42 Å². The van der Waals surface area contributed by atoms with E-state index in [0.717, 1.165) is 36.0 Å². The Morgan fingerprint density at radius 2 is 2.00 bits per heavy atom. The van der Waals surface area contributed by atoms with E-state index in [4.69, 9.17) is 10.2 Å². The van der Waals surface area contributed by atoms with Crippen molar-refractivity contribution in [2.45, 2.75) is 43.0 Å². The number of aliphatic carboxylic acids is 1. The topological polar surface area (TPSA) is 98.7 Å². The summed E-state index contributed by atoms with van der Waals surface area (Å²) in [7, 11) is 6.16. The minimum absolute atomic E-state index is 0.0640. The molecular weight excluding hydrogens is 318 g/mol. The first-order chi connectivity index (χ1) is 10.7. The van der Waals surface area contributed by atoms with Crippen LogP contribution in [0.25, 0.3) is 0 Å². The maximum atomic E-state index is 11.1. The summed E-state index contributed by atoms with van der Waals surface area (Å²) < 4.78 is 0.844. The van der Waals surface area contributed by atoms with Gasteiger partial charge in [-0.05, 0) is 12.8 Å². The summed E-state index contributed by atoms with van der Waals surface area (Å²) in [5, 5.41) is 23.2. The van der Waals surface area contributed by atoms with E-state index in [1.165, 1.54) is 0 Å². The number of hydrogen-bond acceptors (Lipinski definition) is 4. The summed E-state index contributed by atoms with van der Waals surface area (Å²) in [4.78, 5) is 21.5. The Bertz CT molecular complexity index is 401. The third-order valence-corrected chi connectivity index (χ3v) is 5.35. The van der Waals surface area contributed by atoms with Gasteiger partial charge in [-0.3, -0.25) is 4.79 Å². The monoisotopic (exact) mass is 348 g/mol. The molecular formula is C15H30N3O4S+. The molecule has 8 heteroatoms. The minimum Gasteiger partial charge on any atom is -0.481 e. The molecule has 2 amide bonds. The number of thioether (sulfide) groups is 1. The summed E-state index contributed by atoms with van der Waals surface area (Å²) in [5.74, 6) is 0.236. The van der Waals surface area contributed by atoms with Crippen molar-refractivity contribution in [3.05, 3.63) is 0 Å². The summed E-state index contributed by atoms with van der Waals surface area (Å²) in [6, 6.07) is 0.440. The molecule has 0 bridgehead atoms. The zero-order valence-corrected chi connectivity index (χ0v) is 15.1. The number of rotatable bonds is 7. The second-order valence-corrected chi connectivity index (χ2v) is 8.27. The highest BCUT2D eigenvalue weighted by molar-refractivity contribution is 8.00. The van der Waals surface area contributed by atoms with Crippen molar-refractivity contribution in [2.24, 2.45) is 0 Å². The van der Waals surface area contributed by atoms with Crippen LogP contribution in [0, 0.1) is 0 Å². The van der Waals surface area contributed by atoms with Crippen molar-refractivity contribution in [1.29, 1.82) is 0 Å². The third-order valence-electron chi connectivity index (χ3n) is 3.84. The molecule has 2 saturated heterocycles. The van der Waals surface area contributed by atoms with Crippen molar-refractivity contribution in [3.63, 3.8) is 0 Å². The molecule has 0 radical (unpaired) electrons. The standard InChI is InChI=1S/C10H16N2O3S.C5H14NO/c13-8(14)4-2-1-3-7-9-6(5-16-7)11-10(15)12-9;1-6(2,3)4-5-7/h6-7,9H,1-5H2,(H,13,14)(H2,11,12,15);7H,4-5H2,1-3H3/q;+1/t6-,7-,9-;/m0./s1. The molecule has 2 fully saturated rings. The zero-order valence-electron chi connectivity index (χ0n) is 14.2. The zero-order chi connectivity index (χ0) is 17.5. The van der Waals surface area contributed by atoms with Crippen LogP contribution in [0.1, 0.15) is 25.7 Å². The number of carboxylic acids is 1. The normalized spacial score (nSPS) is 25.9. The highest BCUT2D eigenvalue weighted by Gasteiger charge is 2.42. The van der Waals surface area contributed by atoms with Gasteiger partial charge in [0, 0.05) is 17.4 Å². The first-order valence-corrected chi connectivity index (χ1v) is 9.09. The van der Waals surface area contributed by atoms with E-state index in [1.807, 2.05) is 11.8 Å². The van der Waals surface area contributed by atoms with E-state index in [9.17, 15) is 9.59 Å². The number of carbonyl (C=O) groups is 2. The van der Waals surface area contributed by atoms with Gasteiger partial charge in [-0.15, -0.1) is 0 Å². The van der Waals surface area contributed by atoms with Crippen LogP contribution >= 0.6 is 11.8 Å². The van der Waals surface area contributed by atoms with Gasteiger partial charge in [-0.2, -0.15) is 11.8 Å². The smallest absolute Gasteiger partial charge is 0.315 e. The van der Waals surface area contributed by atoms with Crippen LogP contribution in [0.3, 0.4) is 0 Å². The molecule has 2 rings (SSSR count). The van der Waals surface area contributed by atoms with Gasteiger partial charge < -0.3 is 25.3 Å². The Labute approximate surface area is 142 Å². The number of fused-ring (bicyclic) bond motifs is 1. The average molecular weight is 348 g/mol. The predicted octanol–water partition coefficient (Wildman–Crippen LogP) is 0.482. The summed E-state index contributed by atoms with van der Waals surface area (Å²) >= 11 is 1.87. The van der Waals surface area contributed by atoms with Crippen LogP contribution in [0.2, 0.25) is 0 Å². The molecule has 2 heterocycles. The average Bonchev–Trinajstić information content (AvgIpc) is 2.93. The van der Waals surface area contributed by atoms with Crippen molar-refractivity contribution in [2.75, 3.05) is 40.0 Å². The summed E-state index contributed by atoms with van der Waals surface area (Å²) in [6.07, 6.45) is 2.88. The quantitative estimate of drug-likeness (QED) is 0.305. The molecule has 7 nitrogen and oxygen atoms in total. The van der Waals surface area contributed by atoms with E-state index >= 15 is 0 Å². The molecule has 0 aliphatic carbocycles. The Morgan fingerprint density at radius 1 is 1.30 bits per heavy atom. The fraction of sp³-hybridized carbons (Fsp3) is 0.867. The lowest BCUT2D eigenvalue weighted by molar-refractivity contribution is -0.870. The Kier molecular flexibility index (Phi) is 8.15. The number of aliphatic hydroxyl groups is 1. The van der Waals surface area contributed by atoms with Crippen LogP contribution in [0.15, 0.2) is 0 Å². The highest BCUT2D eigenvalue weighted by atomic mass is 32.2. The van der Waals surface area contributed by atoms with Gasteiger partial charge in [-0.25, -0.2) is 4.79 Å². The fourth-order valence-electron chi connectivity index (χ4n) is 2.56. The summed E-state index contributed by atoms with van der Waals surface area (Å²) in [5.41, 5.74) is 0. The van der Waals surface area contributed by atoms with Crippen molar-refractivity contribution in [1.82, 2.24) is 10.6 Å². The molecule has 4 N–H and O–H groups in total. The first kappa shape index (κ1) is 20.1. The number of aliphatic hydroxyl groups excluding tert-OH is 1. The van der Waals surface area contributed by atoms with E-state index in [1.54, 1.807) is 0 Å². The second-order valence-electron chi connectivity index (χ2n) is 7.00. The number of carboxylic acid groups (broad SMARTS) is 1. The fourth-order valence-corrected chi connectivity index (χ4v) is 4.11. The van der Waals surface area contributed by atoms with E-state index in [0.29, 0.717) is 5.25 Å². The lowest BCUT2D eigenvalue weighted by atomic mass is 10.0. The second kappa shape index (κ2) is 9.34. The maximum Gasteiger partial charge on any atom is 0.315 e. The number of carbonyl (C=O) groups excluding carboxylic acids is 1. The van der Waals surface area contributed by atoms with Crippen LogP contribution in [-0.4, -0.2) is 84.1 Å². The van der Waals surface area contributed by atoms with Gasteiger partial charge in [0.2, 0.25) is 0 Å². The van der Waals surface area contributed by atoms with Gasteiger partial charge in [0.15, 0.2) is 0 Å². The molecule has 23 heavy (non-hydrogen) atoms. The lowest BCUT2D eigenvalue weighted by Gasteiger charge is -2.21. The molecule has 3 atom stereocenters. The van der Waals surface area contributed by atoms with Crippen LogP contribution in [0.5, 0.6) is 0 Å².